The molecule has 2 aromatic rings. The van der Waals surface area contributed by atoms with E-state index in [2.05, 4.69) is 46.8 Å². The maximum Gasteiger partial charge on any atom is 0.323 e. The van der Waals surface area contributed by atoms with Crippen LogP contribution in [-0.2, 0) is 0 Å². The molecule has 1 aliphatic heterocycles. The van der Waals surface area contributed by atoms with Crippen LogP contribution >= 0.6 is 11.3 Å². The molecule has 1 unspecified atom stereocenters. The van der Waals surface area contributed by atoms with E-state index in [0.29, 0.717) is 30.7 Å². The highest BCUT2D eigenvalue weighted by Gasteiger charge is 2.26. The summed E-state index contributed by atoms with van der Waals surface area (Å²) in [5, 5.41) is 24.5. The predicted molar refractivity (Wildman–Crippen MR) is 104 cm³/mol. The fourth-order valence-electron chi connectivity index (χ4n) is 2.95. The molecule has 0 radical (unpaired) electrons. The number of hydrogen-bond donors (Lipinski definition) is 3. The van der Waals surface area contributed by atoms with Gasteiger partial charge in [-0.2, -0.15) is 0 Å². The molecule has 2 heterocycles. The van der Waals surface area contributed by atoms with Crippen molar-refractivity contribution in [1.29, 1.82) is 0 Å². The normalized spacial score (nSPS) is 17.1. The first-order valence-corrected chi connectivity index (χ1v) is 9.72. The molecule has 3 rings (SSSR count). The molecule has 1 aromatic carbocycles. The SMILES string of the molecule is CC(C)c1ccc(-c2nnc(NC(=O)N3CCC(NCCO)C3)s2)cc1. The second kappa shape index (κ2) is 8.57. The minimum Gasteiger partial charge on any atom is -0.395 e. The van der Waals surface area contributed by atoms with Crippen molar-refractivity contribution in [3.63, 3.8) is 0 Å². The van der Waals surface area contributed by atoms with Crippen LogP contribution in [0.15, 0.2) is 24.3 Å². The van der Waals surface area contributed by atoms with Crippen molar-refractivity contribution in [2.24, 2.45) is 0 Å². The average Bonchev–Trinajstić information content (AvgIpc) is 3.29. The summed E-state index contributed by atoms with van der Waals surface area (Å²) in [5.74, 6) is 0.490. The number of likely N-dealkylation sites (tertiary alicyclic amines) is 1. The first-order valence-electron chi connectivity index (χ1n) is 8.91. The zero-order valence-corrected chi connectivity index (χ0v) is 15.9. The highest BCUT2D eigenvalue weighted by Crippen LogP contribution is 2.28. The van der Waals surface area contributed by atoms with Crippen LogP contribution in [-0.4, -0.2) is 58.5 Å². The lowest BCUT2D eigenvalue weighted by Gasteiger charge is -2.16. The van der Waals surface area contributed by atoms with Crippen molar-refractivity contribution in [1.82, 2.24) is 20.4 Å². The molecule has 140 valence electrons. The Morgan fingerprint density at radius 2 is 2.12 bits per heavy atom. The molecule has 0 spiro atoms. The summed E-state index contributed by atoms with van der Waals surface area (Å²) in [7, 11) is 0. The van der Waals surface area contributed by atoms with Gasteiger partial charge in [-0.05, 0) is 17.9 Å². The van der Waals surface area contributed by atoms with Crippen LogP contribution < -0.4 is 10.6 Å². The van der Waals surface area contributed by atoms with Crippen molar-refractivity contribution in [3.05, 3.63) is 29.8 Å². The minimum atomic E-state index is -0.156. The Morgan fingerprint density at radius 3 is 2.81 bits per heavy atom. The Morgan fingerprint density at radius 1 is 1.35 bits per heavy atom. The molecule has 0 bridgehead atoms. The van der Waals surface area contributed by atoms with Crippen LogP contribution in [0.2, 0.25) is 0 Å². The quantitative estimate of drug-likeness (QED) is 0.722. The van der Waals surface area contributed by atoms with Gasteiger partial charge in [0, 0.05) is 31.2 Å². The maximum absolute atomic E-state index is 12.4. The number of urea groups is 1. The number of benzene rings is 1. The van der Waals surface area contributed by atoms with Crippen LogP contribution in [0.4, 0.5) is 9.93 Å². The van der Waals surface area contributed by atoms with E-state index >= 15 is 0 Å². The summed E-state index contributed by atoms with van der Waals surface area (Å²) >= 11 is 1.37. The van der Waals surface area contributed by atoms with Crippen molar-refractivity contribution in [2.45, 2.75) is 32.2 Å². The average molecular weight is 375 g/mol. The minimum absolute atomic E-state index is 0.106. The summed E-state index contributed by atoms with van der Waals surface area (Å²) < 4.78 is 0. The van der Waals surface area contributed by atoms with E-state index < -0.39 is 0 Å². The van der Waals surface area contributed by atoms with Crippen molar-refractivity contribution >= 4 is 22.5 Å². The number of carbonyl (C=O) groups excluding carboxylic acids is 1. The van der Waals surface area contributed by atoms with Gasteiger partial charge in [0.15, 0.2) is 0 Å². The standard InChI is InChI=1S/C18H25N5O2S/c1-12(2)13-3-5-14(6-4-13)16-21-22-17(26-16)20-18(25)23-9-7-15(11-23)19-8-10-24/h3-6,12,15,19,24H,7-11H2,1-2H3,(H,20,22,25). The molecule has 3 N–H and O–H groups in total. The molecule has 1 aromatic heterocycles. The summed E-state index contributed by atoms with van der Waals surface area (Å²) in [4.78, 5) is 14.1. The highest BCUT2D eigenvalue weighted by molar-refractivity contribution is 7.18. The van der Waals surface area contributed by atoms with Gasteiger partial charge in [0.05, 0.1) is 6.61 Å². The number of aliphatic hydroxyl groups excluding tert-OH is 1. The number of carbonyl (C=O) groups is 1. The third-order valence-corrected chi connectivity index (χ3v) is 5.37. The number of hydrogen-bond acceptors (Lipinski definition) is 6. The van der Waals surface area contributed by atoms with Crippen molar-refractivity contribution < 1.29 is 9.90 Å². The largest absolute Gasteiger partial charge is 0.395 e. The molecule has 7 nitrogen and oxygen atoms in total. The van der Waals surface area contributed by atoms with E-state index in [1.165, 1.54) is 16.9 Å². The van der Waals surface area contributed by atoms with Gasteiger partial charge in [-0.15, -0.1) is 10.2 Å². The highest BCUT2D eigenvalue weighted by atomic mass is 32.1. The fourth-order valence-corrected chi connectivity index (χ4v) is 3.69. The molecule has 1 atom stereocenters. The zero-order chi connectivity index (χ0) is 18.5. The Bertz CT molecular complexity index is 731. The second-order valence-electron chi connectivity index (χ2n) is 6.73. The van der Waals surface area contributed by atoms with Crippen molar-refractivity contribution in [2.75, 3.05) is 31.6 Å². The van der Waals surface area contributed by atoms with Gasteiger partial charge in [0.25, 0.3) is 0 Å². The van der Waals surface area contributed by atoms with Crippen LogP contribution in [0.1, 0.15) is 31.7 Å². The molecule has 0 aliphatic carbocycles. The molecule has 8 heteroatoms. The number of aliphatic hydroxyl groups is 1. The Kier molecular flexibility index (Phi) is 6.18. The summed E-state index contributed by atoms with van der Waals surface area (Å²) in [6, 6.07) is 8.36. The Balaban J connectivity index is 1.57. The van der Waals surface area contributed by atoms with Crippen LogP contribution in [0.3, 0.4) is 0 Å². The summed E-state index contributed by atoms with van der Waals surface area (Å²) in [6.45, 7) is 6.31. The van der Waals surface area contributed by atoms with E-state index in [0.717, 1.165) is 17.0 Å². The second-order valence-corrected chi connectivity index (χ2v) is 7.71. The molecule has 1 aliphatic rings. The maximum atomic E-state index is 12.4. The first kappa shape index (κ1) is 18.8. The van der Waals surface area contributed by atoms with Crippen molar-refractivity contribution in [3.8, 4) is 10.6 Å². The monoisotopic (exact) mass is 375 g/mol. The van der Waals surface area contributed by atoms with E-state index in [9.17, 15) is 4.79 Å². The molecule has 2 amide bonds. The van der Waals surface area contributed by atoms with Gasteiger partial charge < -0.3 is 15.3 Å². The predicted octanol–water partition coefficient (Wildman–Crippen LogP) is 2.52. The van der Waals surface area contributed by atoms with Crippen LogP contribution in [0, 0.1) is 0 Å². The van der Waals surface area contributed by atoms with Gasteiger partial charge in [0.2, 0.25) is 5.13 Å². The molecular weight excluding hydrogens is 350 g/mol. The summed E-state index contributed by atoms with van der Waals surface area (Å²) in [6.07, 6.45) is 0.886. The fraction of sp³-hybridized carbons (Fsp3) is 0.500. The molecule has 0 saturated carbocycles. The van der Waals surface area contributed by atoms with Crippen LogP contribution in [0.5, 0.6) is 0 Å². The first-order chi connectivity index (χ1) is 12.6. The number of nitrogens with one attached hydrogen (secondary N) is 2. The number of aromatic nitrogens is 2. The van der Waals surface area contributed by atoms with Gasteiger partial charge in [-0.25, -0.2) is 4.79 Å². The Hall–Kier alpha value is -2.03. The lowest BCUT2D eigenvalue weighted by Crippen LogP contribution is -2.38. The smallest absolute Gasteiger partial charge is 0.323 e. The van der Waals surface area contributed by atoms with Crippen LogP contribution in [0.25, 0.3) is 10.6 Å². The molecule has 1 fully saturated rings. The van der Waals surface area contributed by atoms with Gasteiger partial charge >= 0.3 is 6.03 Å². The Labute approximate surface area is 157 Å². The molecule has 1 saturated heterocycles. The topological polar surface area (TPSA) is 90.4 Å². The third-order valence-electron chi connectivity index (χ3n) is 4.48. The molecular formula is C18H25N5O2S. The van der Waals surface area contributed by atoms with E-state index in [1.54, 1.807) is 4.90 Å². The van der Waals surface area contributed by atoms with E-state index in [1.807, 2.05) is 12.1 Å². The zero-order valence-electron chi connectivity index (χ0n) is 15.1. The lowest BCUT2D eigenvalue weighted by atomic mass is 10.0. The van der Waals surface area contributed by atoms with E-state index in [-0.39, 0.29) is 18.7 Å². The van der Waals surface area contributed by atoms with Gasteiger partial charge in [-0.3, -0.25) is 5.32 Å². The van der Waals surface area contributed by atoms with E-state index in [4.69, 9.17) is 5.11 Å². The number of nitrogens with zero attached hydrogens (tertiary/aromatic N) is 3. The van der Waals surface area contributed by atoms with Gasteiger partial charge in [-0.1, -0.05) is 49.4 Å². The number of rotatable bonds is 6. The number of anilines is 1. The lowest BCUT2D eigenvalue weighted by molar-refractivity contribution is 0.221. The summed E-state index contributed by atoms with van der Waals surface area (Å²) in [5.41, 5.74) is 2.28. The third kappa shape index (κ3) is 4.57. The van der Waals surface area contributed by atoms with Gasteiger partial charge in [0.1, 0.15) is 5.01 Å². The molecule has 26 heavy (non-hydrogen) atoms. The number of amides is 2.